The van der Waals surface area contributed by atoms with Crippen LogP contribution in [0.5, 0.6) is 0 Å². The second-order valence-electron chi connectivity index (χ2n) is 5.00. The first-order valence-electron chi connectivity index (χ1n) is 6.44. The van der Waals surface area contributed by atoms with Gasteiger partial charge in [0.05, 0.1) is 22.4 Å². The number of rotatable bonds is 2. The summed E-state index contributed by atoms with van der Waals surface area (Å²) in [4.78, 5) is 4.50. The average Bonchev–Trinajstić information content (AvgIpc) is 2.88. The predicted molar refractivity (Wildman–Crippen MR) is 77.6 cm³/mol. The van der Waals surface area contributed by atoms with Crippen molar-refractivity contribution in [2.75, 3.05) is 5.73 Å². The molecule has 0 spiro atoms. The molecular formula is C14H17N5O. The van der Waals surface area contributed by atoms with Crippen molar-refractivity contribution in [3.05, 3.63) is 35.9 Å². The Kier molecular flexibility index (Phi) is 2.76. The molecule has 0 bridgehead atoms. The number of aliphatic hydroxyl groups excluding tert-OH is 1. The molecule has 0 saturated heterocycles. The van der Waals surface area contributed by atoms with Gasteiger partial charge in [0, 0.05) is 18.9 Å². The molecule has 1 atom stereocenters. The minimum absolute atomic E-state index is 0.585. The smallest absolute Gasteiger partial charge is 0.143 e. The molecule has 20 heavy (non-hydrogen) atoms. The lowest BCUT2D eigenvalue weighted by atomic mass is 10.2. The minimum atomic E-state index is -0.678. The number of benzene rings is 1. The van der Waals surface area contributed by atoms with Gasteiger partial charge < -0.3 is 10.8 Å². The van der Waals surface area contributed by atoms with Gasteiger partial charge in [-0.05, 0) is 32.0 Å². The lowest BCUT2D eigenvalue weighted by Gasteiger charge is -2.09. The van der Waals surface area contributed by atoms with Crippen LogP contribution in [0, 0.1) is 6.92 Å². The highest BCUT2D eigenvalue weighted by molar-refractivity contribution is 5.81. The van der Waals surface area contributed by atoms with Crippen molar-refractivity contribution >= 4 is 16.7 Å². The van der Waals surface area contributed by atoms with Gasteiger partial charge in [-0.15, -0.1) is 0 Å². The summed E-state index contributed by atoms with van der Waals surface area (Å²) in [5.41, 5.74) is 9.93. The van der Waals surface area contributed by atoms with E-state index in [1.54, 1.807) is 11.6 Å². The van der Waals surface area contributed by atoms with Gasteiger partial charge in [0.15, 0.2) is 0 Å². The third-order valence-electron chi connectivity index (χ3n) is 3.31. The number of fused-ring (bicyclic) bond motifs is 1. The molecule has 0 aliphatic carbocycles. The Morgan fingerprint density at radius 2 is 2.10 bits per heavy atom. The number of hydrogen-bond acceptors (Lipinski definition) is 4. The predicted octanol–water partition coefficient (Wildman–Crippen LogP) is 1.70. The normalized spacial score (nSPS) is 13.0. The van der Waals surface area contributed by atoms with Crippen LogP contribution in [0.3, 0.4) is 0 Å². The van der Waals surface area contributed by atoms with Crippen molar-refractivity contribution in [1.29, 1.82) is 0 Å². The van der Waals surface area contributed by atoms with Gasteiger partial charge in [-0.2, -0.15) is 5.10 Å². The zero-order valence-corrected chi connectivity index (χ0v) is 11.7. The van der Waals surface area contributed by atoms with Gasteiger partial charge in [-0.1, -0.05) is 0 Å². The summed E-state index contributed by atoms with van der Waals surface area (Å²) in [6.45, 7) is 3.64. The van der Waals surface area contributed by atoms with Crippen molar-refractivity contribution < 1.29 is 5.11 Å². The molecule has 2 heterocycles. The van der Waals surface area contributed by atoms with Gasteiger partial charge >= 0.3 is 0 Å². The lowest BCUT2D eigenvalue weighted by molar-refractivity contribution is 0.187. The topological polar surface area (TPSA) is 81.9 Å². The summed E-state index contributed by atoms with van der Waals surface area (Å²) in [5, 5.41) is 14.3. The third kappa shape index (κ3) is 1.85. The zero-order chi connectivity index (χ0) is 14.4. The molecule has 1 unspecified atom stereocenters. The standard InChI is InChI=1S/C14H17N5O/c1-8-13(7-18(3)17-8)19-12-5-4-10(15)6-11(12)16-14(19)9(2)20/h4-7,9,20H,15H2,1-3H3. The van der Waals surface area contributed by atoms with Crippen LogP contribution in [0.1, 0.15) is 24.5 Å². The molecular weight excluding hydrogens is 254 g/mol. The Morgan fingerprint density at radius 3 is 2.70 bits per heavy atom. The van der Waals surface area contributed by atoms with Crippen LogP contribution in [0.15, 0.2) is 24.4 Å². The van der Waals surface area contributed by atoms with Crippen LogP contribution in [0.4, 0.5) is 5.69 Å². The summed E-state index contributed by atoms with van der Waals surface area (Å²) < 4.78 is 3.68. The minimum Gasteiger partial charge on any atom is -0.399 e. The zero-order valence-electron chi connectivity index (χ0n) is 11.7. The number of anilines is 1. The first-order chi connectivity index (χ1) is 9.47. The quantitative estimate of drug-likeness (QED) is 0.695. The molecule has 6 heteroatoms. The molecule has 0 aliphatic rings. The fraction of sp³-hybridized carbons (Fsp3) is 0.286. The Hall–Kier alpha value is -2.34. The van der Waals surface area contributed by atoms with E-state index < -0.39 is 6.10 Å². The average molecular weight is 271 g/mol. The summed E-state index contributed by atoms with van der Waals surface area (Å²) in [7, 11) is 1.87. The van der Waals surface area contributed by atoms with Crippen molar-refractivity contribution in [3.63, 3.8) is 0 Å². The first kappa shape index (κ1) is 12.7. The second-order valence-corrected chi connectivity index (χ2v) is 5.00. The van der Waals surface area contributed by atoms with Gasteiger partial charge in [-0.3, -0.25) is 9.25 Å². The van der Waals surface area contributed by atoms with Gasteiger partial charge in [0.25, 0.3) is 0 Å². The fourth-order valence-corrected chi connectivity index (χ4v) is 2.46. The Balaban J connectivity index is 2.37. The fourth-order valence-electron chi connectivity index (χ4n) is 2.46. The molecule has 6 nitrogen and oxygen atoms in total. The Labute approximate surface area is 116 Å². The molecule has 0 radical (unpaired) electrons. The van der Waals surface area contributed by atoms with E-state index in [2.05, 4.69) is 10.1 Å². The third-order valence-corrected chi connectivity index (χ3v) is 3.31. The van der Waals surface area contributed by atoms with Gasteiger partial charge in [0.1, 0.15) is 11.9 Å². The number of aliphatic hydroxyl groups is 1. The molecule has 104 valence electrons. The van der Waals surface area contributed by atoms with Crippen molar-refractivity contribution in [2.45, 2.75) is 20.0 Å². The maximum Gasteiger partial charge on any atom is 0.143 e. The second kappa shape index (κ2) is 4.35. The van der Waals surface area contributed by atoms with Crippen molar-refractivity contribution in [2.24, 2.45) is 7.05 Å². The molecule has 0 amide bonds. The van der Waals surface area contributed by atoms with Crippen LogP contribution in [0.25, 0.3) is 16.7 Å². The molecule has 0 fully saturated rings. The summed E-state index contributed by atoms with van der Waals surface area (Å²) >= 11 is 0. The molecule has 2 aromatic heterocycles. The van der Waals surface area contributed by atoms with Gasteiger partial charge in [-0.25, -0.2) is 4.98 Å². The molecule has 3 N–H and O–H groups in total. The van der Waals surface area contributed by atoms with E-state index in [-0.39, 0.29) is 0 Å². The largest absolute Gasteiger partial charge is 0.399 e. The highest BCUT2D eigenvalue weighted by Crippen LogP contribution is 2.27. The van der Waals surface area contributed by atoms with Crippen molar-refractivity contribution in [1.82, 2.24) is 19.3 Å². The number of aromatic nitrogens is 4. The molecule has 0 aliphatic heterocycles. The number of nitrogens with zero attached hydrogens (tertiary/aromatic N) is 4. The molecule has 0 saturated carbocycles. The SMILES string of the molecule is Cc1nn(C)cc1-n1c(C(C)O)nc2cc(N)ccc21. The van der Waals surface area contributed by atoms with E-state index in [1.165, 1.54) is 0 Å². The van der Waals surface area contributed by atoms with Gasteiger partial charge in [0.2, 0.25) is 0 Å². The number of hydrogen-bond donors (Lipinski definition) is 2. The number of nitrogen functional groups attached to an aromatic ring is 1. The number of nitrogens with two attached hydrogens (primary N) is 1. The summed E-state index contributed by atoms with van der Waals surface area (Å²) in [6, 6.07) is 5.55. The van der Waals surface area contributed by atoms with E-state index in [1.807, 2.05) is 42.9 Å². The summed E-state index contributed by atoms with van der Waals surface area (Å²) in [6.07, 6.45) is 1.24. The van der Waals surface area contributed by atoms with E-state index in [0.717, 1.165) is 22.4 Å². The van der Waals surface area contributed by atoms with Crippen LogP contribution >= 0.6 is 0 Å². The van der Waals surface area contributed by atoms with E-state index in [0.29, 0.717) is 11.5 Å². The Morgan fingerprint density at radius 1 is 1.35 bits per heavy atom. The highest BCUT2D eigenvalue weighted by Gasteiger charge is 2.19. The molecule has 1 aromatic carbocycles. The highest BCUT2D eigenvalue weighted by atomic mass is 16.3. The monoisotopic (exact) mass is 271 g/mol. The molecule has 3 aromatic rings. The summed E-state index contributed by atoms with van der Waals surface area (Å²) in [5.74, 6) is 0.585. The maximum absolute atomic E-state index is 9.99. The van der Waals surface area contributed by atoms with E-state index >= 15 is 0 Å². The first-order valence-corrected chi connectivity index (χ1v) is 6.44. The van der Waals surface area contributed by atoms with Crippen LogP contribution < -0.4 is 5.73 Å². The van der Waals surface area contributed by atoms with E-state index in [4.69, 9.17) is 5.73 Å². The van der Waals surface area contributed by atoms with E-state index in [9.17, 15) is 5.11 Å². The number of aryl methyl sites for hydroxylation is 2. The van der Waals surface area contributed by atoms with Crippen molar-refractivity contribution in [3.8, 4) is 5.69 Å². The maximum atomic E-state index is 9.99. The Bertz CT molecular complexity index is 784. The van der Waals surface area contributed by atoms with Crippen LogP contribution in [-0.2, 0) is 7.05 Å². The number of imidazole rings is 1. The van der Waals surface area contributed by atoms with Crippen LogP contribution in [-0.4, -0.2) is 24.4 Å². The molecule has 3 rings (SSSR count). The lowest BCUT2D eigenvalue weighted by Crippen LogP contribution is -2.05. The van der Waals surface area contributed by atoms with Crippen LogP contribution in [0.2, 0.25) is 0 Å².